The van der Waals surface area contributed by atoms with Gasteiger partial charge in [-0.15, -0.1) is 0 Å². The van der Waals surface area contributed by atoms with E-state index in [2.05, 4.69) is 17.4 Å². The first kappa shape index (κ1) is 13.5. The highest BCUT2D eigenvalue weighted by atomic mass is 19.1. The predicted molar refractivity (Wildman–Crippen MR) is 78.8 cm³/mol. The summed E-state index contributed by atoms with van der Waals surface area (Å²) in [6.07, 6.45) is 2.50. The van der Waals surface area contributed by atoms with Crippen LogP contribution in [-0.4, -0.2) is 4.92 Å². The number of halogens is 1. The summed E-state index contributed by atoms with van der Waals surface area (Å²) in [5.41, 5.74) is 2.50. The van der Waals surface area contributed by atoms with Gasteiger partial charge in [-0.2, -0.15) is 4.39 Å². The van der Waals surface area contributed by atoms with Gasteiger partial charge < -0.3 is 5.32 Å². The second kappa shape index (κ2) is 5.52. The minimum absolute atomic E-state index is 0.508. The number of anilines is 1. The minimum atomic E-state index is -0.818. The van der Waals surface area contributed by atoms with Crippen LogP contribution in [0.4, 0.5) is 15.8 Å². The maximum absolute atomic E-state index is 13.3. The number of hydrogen-bond donors (Lipinski definition) is 1. The Labute approximate surface area is 121 Å². The topological polar surface area (TPSA) is 55.2 Å². The molecule has 0 aromatic heterocycles. The maximum atomic E-state index is 13.3. The van der Waals surface area contributed by atoms with E-state index < -0.39 is 16.4 Å². The molecule has 21 heavy (non-hydrogen) atoms. The van der Waals surface area contributed by atoms with Crippen molar-refractivity contribution in [3.63, 3.8) is 0 Å². The van der Waals surface area contributed by atoms with Crippen LogP contribution in [0, 0.1) is 15.9 Å². The first-order valence-corrected chi connectivity index (χ1v) is 6.90. The molecule has 2 aromatic rings. The zero-order valence-corrected chi connectivity index (χ0v) is 11.4. The van der Waals surface area contributed by atoms with Crippen LogP contribution in [0.5, 0.6) is 0 Å². The number of nitrogens with one attached hydrogen (secondary N) is 1. The van der Waals surface area contributed by atoms with Crippen molar-refractivity contribution in [1.29, 1.82) is 0 Å². The van der Waals surface area contributed by atoms with Gasteiger partial charge in [0.15, 0.2) is 0 Å². The number of benzene rings is 2. The second-order valence-corrected chi connectivity index (χ2v) is 5.30. The normalized spacial score (nSPS) is 14.0. The van der Waals surface area contributed by atoms with Gasteiger partial charge in [-0.25, -0.2) is 0 Å². The van der Waals surface area contributed by atoms with Crippen LogP contribution in [0.3, 0.4) is 0 Å². The van der Waals surface area contributed by atoms with E-state index in [9.17, 15) is 14.5 Å². The van der Waals surface area contributed by atoms with Gasteiger partial charge in [-0.05, 0) is 42.0 Å². The predicted octanol–water partition coefficient (Wildman–Crippen LogP) is 4.22. The highest BCUT2D eigenvalue weighted by molar-refractivity contribution is 5.52. The lowest BCUT2D eigenvalue weighted by Crippen LogP contribution is -2.01. The average Bonchev–Trinajstić information content (AvgIpc) is 3.31. The van der Waals surface area contributed by atoms with Gasteiger partial charge in [-0.1, -0.05) is 24.3 Å². The Morgan fingerprint density at radius 3 is 2.76 bits per heavy atom. The number of hydrogen-bond acceptors (Lipinski definition) is 3. The molecule has 3 rings (SSSR count). The van der Waals surface area contributed by atoms with E-state index >= 15 is 0 Å². The van der Waals surface area contributed by atoms with Crippen LogP contribution in [0.1, 0.15) is 29.9 Å². The number of nitro benzene ring substituents is 1. The van der Waals surface area contributed by atoms with E-state index in [-0.39, 0.29) is 0 Å². The average molecular weight is 286 g/mol. The fraction of sp³-hybridized carbons (Fsp3) is 0.250. The van der Waals surface area contributed by atoms with Crippen molar-refractivity contribution in [3.05, 3.63) is 69.5 Å². The quantitative estimate of drug-likeness (QED) is 0.661. The first-order chi connectivity index (χ1) is 10.1. The summed E-state index contributed by atoms with van der Waals surface area (Å²) >= 11 is 0. The smallest absolute Gasteiger partial charge is 0.306 e. The van der Waals surface area contributed by atoms with Crippen molar-refractivity contribution >= 4 is 11.4 Å². The molecule has 2 aromatic carbocycles. The standard InChI is InChI=1S/C16H15FN2O2/c17-15-7-6-14(9-16(15)19(20)21)18-10-11-2-1-3-13(8-11)12-4-5-12/h1-3,6-9,12,18H,4-5,10H2. The molecule has 1 aliphatic rings. The molecule has 0 atom stereocenters. The molecule has 0 unspecified atom stereocenters. The van der Waals surface area contributed by atoms with Crippen LogP contribution in [-0.2, 0) is 6.54 Å². The Bertz CT molecular complexity index is 684. The Morgan fingerprint density at radius 1 is 1.24 bits per heavy atom. The maximum Gasteiger partial charge on any atom is 0.306 e. The third kappa shape index (κ3) is 3.18. The summed E-state index contributed by atoms with van der Waals surface area (Å²) in [6.45, 7) is 0.559. The van der Waals surface area contributed by atoms with E-state index in [1.165, 1.54) is 30.5 Å². The molecule has 1 N–H and O–H groups in total. The van der Waals surface area contributed by atoms with E-state index in [1.807, 2.05) is 12.1 Å². The molecule has 0 bridgehead atoms. The minimum Gasteiger partial charge on any atom is -0.381 e. The van der Waals surface area contributed by atoms with Gasteiger partial charge in [-0.3, -0.25) is 10.1 Å². The summed E-state index contributed by atoms with van der Waals surface area (Å²) in [7, 11) is 0. The molecule has 0 radical (unpaired) electrons. The molecule has 1 fully saturated rings. The van der Waals surface area contributed by atoms with Crippen LogP contribution in [0.15, 0.2) is 42.5 Å². The highest BCUT2D eigenvalue weighted by Gasteiger charge is 2.23. The molecule has 0 heterocycles. The van der Waals surface area contributed by atoms with Gasteiger partial charge >= 0.3 is 5.69 Å². The lowest BCUT2D eigenvalue weighted by molar-refractivity contribution is -0.387. The van der Waals surface area contributed by atoms with Crippen molar-refractivity contribution in [3.8, 4) is 0 Å². The molecule has 0 aliphatic heterocycles. The molecule has 108 valence electrons. The number of nitro groups is 1. The first-order valence-electron chi connectivity index (χ1n) is 6.90. The van der Waals surface area contributed by atoms with Crippen molar-refractivity contribution in [2.24, 2.45) is 0 Å². The van der Waals surface area contributed by atoms with Gasteiger partial charge in [0.2, 0.25) is 5.82 Å². The van der Waals surface area contributed by atoms with Crippen molar-refractivity contribution in [1.82, 2.24) is 0 Å². The zero-order valence-electron chi connectivity index (χ0n) is 11.4. The van der Waals surface area contributed by atoms with Gasteiger partial charge in [0.1, 0.15) is 0 Å². The molecular weight excluding hydrogens is 271 g/mol. The molecule has 0 spiro atoms. The number of rotatable bonds is 5. The van der Waals surface area contributed by atoms with Crippen molar-refractivity contribution in [2.75, 3.05) is 5.32 Å². The van der Waals surface area contributed by atoms with Gasteiger partial charge in [0, 0.05) is 18.3 Å². The SMILES string of the molecule is O=[N+]([O-])c1cc(NCc2cccc(C3CC3)c2)ccc1F. The Kier molecular flexibility index (Phi) is 3.56. The summed E-state index contributed by atoms with van der Waals surface area (Å²) in [6, 6.07) is 12.2. The largest absolute Gasteiger partial charge is 0.381 e. The van der Waals surface area contributed by atoms with E-state index in [4.69, 9.17) is 0 Å². The second-order valence-electron chi connectivity index (χ2n) is 5.30. The van der Waals surface area contributed by atoms with Crippen LogP contribution >= 0.6 is 0 Å². The summed E-state index contributed by atoms with van der Waals surface area (Å²) in [4.78, 5) is 10.00. The third-order valence-electron chi connectivity index (χ3n) is 3.64. The Morgan fingerprint density at radius 2 is 2.05 bits per heavy atom. The highest BCUT2D eigenvalue weighted by Crippen LogP contribution is 2.40. The van der Waals surface area contributed by atoms with E-state index in [0.717, 1.165) is 11.6 Å². The fourth-order valence-electron chi connectivity index (χ4n) is 2.34. The van der Waals surface area contributed by atoms with Gasteiger partial charge in [0.05, 0.1) is 4.92 Å². The summed E-state index contributed by atoms with van der Waals surface area (Å²) < 4.78 is 13.3. The Hall–Kier alpha value is -2.43. The molecule has 1 saturated carbocycles. The fourth-order valence-corrected chi connectivity index (χ4v) is 2.34. The lowest BCUT2D eigenvalue weighted by Gasteiger charge is -2.08. The van der Waals surface area contributed by atoms with Crippen molar-refractivity contribution < 1.29 is 9.31 Å². The zero-order chi connectivity index (χ0) is 14.8. The molecule has 1 aliphatic carbocycles. The third-order valence-corrected chi connectivity index (χ3v) is 3.64. The van der Waals surface area contributed by atoms with Crippen molar-refractivity contribution in [2.45, 2.75) is 25.3 Å². The molecular formula is C16H15FN2O2. The summed E-state index contributed by atoms with van der Waals surface area (Å²) in [5.74, 6) is -0.127. The molecule has 4 nitrogen and oxygen atoms in total. The molecule has 5 heteroatoms. The van der Waals surface area contributed by atoms with E-state index in [0.29, 0.717) is 18.2 Å². The number of nitrogens with zero attached hydrogens (tertiary/aromatic N) is 1. The molecule has 0 saturated heterocycles. The Balaban J connectivity index is 1.71. The summed E-state index contributed by atoms with van der Waals surface area (Å²) in [5, 5.41) is 13.8. The monoisotopic (exact) mass is 286 g/mol. The lowest BCUT2D eigenvalue weighted by atomic mass is 10.1. The van der Waals surface area contributed by atoms with Crippen LogP contribution in [0.25, 0.3) is 0 Å². The van der Waals surface area contributed by atoms with Gasteiger partial charge in [0.25, 0.3) is 0 Å². The van der Waals surface area contributed by atoms with Crippen LogP contribution < -0.4 is 5.32 Å². The van der Waals surface area contributed by atoms with E-state index in [1.54, 1.807) is 0 Å². The molecule has 0 amide bonds. The van der Waals surface area contributed by atoms with Crippen LogP contribution in [0.2, 0.25) is 0 Å².